The molecule has 1 rings (SSSR count). The van der Waals surface area contributed by atoms with Gasteiger partial charge in [0.1, 0.15) is 6.04 Å². The highest BCUT2D eigenvalue weighted by atomic mass is 16.5. The maximum Gasteiger partial charge on any atom is 0.320 e. The van der Waals surface area contributed by atoms with Crippen LogP contribution in [0, 0.1) is 0 Å². The van der Waals surface area contributed by atoms with E-state index >= 15 is 0 Å². The van der Waals surface area contributed by atoms with E-state index in [1.54, 1.807) is 6.92 Å². The molecule has 2 atom stereocenters. The summed E-state index contributed by atoms with van der Waals surface area (Å²) in [5.41, 5.74) is 0. The lowest BCUT2D eigenvalue weighted by Gasteiger charge is -2.34. The lowest BCUT2D eigenvalue weighted by Crippen LogP contribution is -2.47. The molecule has 4 nitrogen and oxygen atoms in total. The smallest absolute Gasteiger partial charge is 0.320 e. The normalized spacial score (nSPS) is 26.0. The Labute approximate surface area is 84.8 Å². The van der Waals surface area contributed by atoms with Crippen LogP contribution < -0.4 is 0 Å². The van der Waals surface area contributed by atoms with E-state index in [1.165, 1.54) is 0 Å². The van der Waals surface area contributed by atoms with Crippen molar-refractivity contribution in [3.8, 4) is 0 Å². The van der Waals surface area contributed by atoms with Gasteiger partial charge in [-0.1, -0.05) is 0 Å². The molecule has 1 N–H and O–H groups in total. The van der Waals surface area contributed by atoms with Crippen molar-refractivity contribution in [3.63, 3.8) is 0 Å². The summed E-state index contributed by atoms with van der Waals surface area (Å²) in [6.45, 7) is 6.04. The number of aliphatic carboxylic acids is 1. The molecule has 0 bridgehead atoms. The zero-order valence-electron chi connectivity index (χ0n) is 8.90. The number of carbonyl (C=O) groups is 1. The molecule has 2 unspecified atom stereocenters. The number of carboxylic acid groups (broad SMARTS) is 1. The molecule has 1 saturated heterocycles. The van der Waals surface area contributed by atoms with E-state index in [2.05, 4.69) is 0 Å². The molecule has 0 aliphatic carbocycles. The molecule has 0 aromatic carbocycles. The van der Waals surface area contributed by atoms with Crippen LogP contribution in [0.15, 0.2) is 0 Å². The van der Waals surface area contributed by atoms with Crippen molar-refractivity contribution >= 4 is 5.97 Å². The first-order valence-electron chi connectivity index (χ1n) is 5.23. The maximum atomic E-state index is 10.8. The van der Waals surface area contributed by atoms with Gasteiger partial charge in [-0.3, -0.25) is 9.69 Å². The fourth-order valence-electron chi connectivity index (χ4n) is 1.85. The summed E-state index contributed by atoms with van der Waals surface area (Å²) < 4.78 is 5.51. The Kier molecular flexibility index (Phi) is 4.35. The third-order valence-corrected chi connectivity index (χ3v) is 2.72. The van der Waals surface area contributed by atoms with Gasteiger partial charge in [-0.15, -0.1) is 0 Å². The number of likely N-dealkylation sites (tertiary alicyclic amines) is 1. The quantitative estimate of drug-likeness (QED) is 0.736. The Morgan fingerprint density at radius 1 is 1.71 bits per heavy atom. The van der Waals surface area contributed by atoms with Gasteiger partial charge >= 0.3 is 5.97 Å². The molecule has 82 valence electrons. The lowest BCUT2D eigenvalue weighted by atomic mass is 10.1. The number of piperidine rings is 1. The molecule has 0 aromatic rings. The maximum absolute atomic E-state index is 10.8. The lowest BCUT2D eigenvalue weighted by molar-refractivity contribution is -0.144. The fraction of sp³-hybridized carbons (Fsp3) is 0.900. The summed E-state index contributed by atoms with van der Waals surface area (Å²) in [5.74, 6) is -0.748. The highest BCUT2D eigenvalue weighted by molar-refractivity contribution is 5.72. The average Bonchev–Trinajstić information content (AvgIpc) is 2.17. The molecule has 0 saturated carbocycles. The van der Waals surface area contributed by atoms with Gasteiger partial charge in [0.05, 0.1) is 6.10 Å². The zero-order valence-corrected chi connectivity index (χ0v) is 8.90. The van der Waals surface area contributed by atoms with Crippen molar-refractivity contribution < 1.29 is 14.6 Å². The summed E-state index contributed by atoms with van der Waals surface area (Å²) in [4.78, 5) is 12.8. The van der Waals surface area contributed by atoms with Gasteiger partial charge in [0.15, 0.2) is 0 Å². The van der Waals surface area contributed by atoms with Crippen molar-refractivity contribution in [1.82, 2.24) is 4.90 Å². The van der Waals surface area contributed by atoms with Crippen molar-refractivity contribution in [3.05, 3.63) is 0 Å². The van der Waals surface area contributed by atoms with E-state index in [0.29, 0.717) is 6.61 Å². The molecule has 4 heteroatoms. The van der Waals surface area contributed by atoms with Crippen LogP contribution in [0.25, 0.3) is 0 Å². The van der Waals surface area contributed by atoms with Crippen LogP contribution in [0.3, 0.4) is 0 Å². The number of carboxylic acids is 1. The van der Waals surface area contributed by atoms with Gasteiger partial charge in [-0.05, 0) is 33.2 Å². The van der Waals surface area contributed by atoms with E-state index < -0.39 is 12.0 Å². The summed E-state index contributed by atoms with van der Waals surface area (Å²) >= 11 is 0. The van der Waals surface area contributed by atoms with E-state index in [-0.39, 0.29) is 6.10 Å². The van der Waals surface area contributed by atoms with Gasteiger partial charge in [0.2, 0.25) is 0 Å². The standard InChI is InChI=1S/C10H19NO3/c1-3-14-9-5-4-6-11(7-9)8(2)10(12)13/h8-9H,3-7H2,1-2H3,(H,12,13). The van der Waals surface area contributed by atoms with Gasteiger partial charge in [-0.2, -0.15) is 0 Å². The molecule has 1 aliphatic heterocycles. The summed E-state index contributed by atoms with van der Waals surface area (Å²) in [7, 11) is 0. The molecule has 14 heavy (non-hydrogen) atoms. The summed E-state index contributed by atoms with van der Waals surface area (Å²) in [6.07, 6.45) is 2.30. The first kappa shape index (κ1) is 11.5. The predicted octanol–water partition coefficient (Wildman–Crippen LogP) is 0.960. The van der Waals surface area contributed by atoms with E-state index in [9.17, 15) is 4.79 Å². The largest absolute Gasteiger partial charge is 0.480 e. The molecule has 0 amide bonds. The second-order valence-electron chi connectivity index (χ2n) is 3.73. The second kappa shape index (κ2) is 5.32. The Bertz CT molecular complexity index is 194. The Balaban J connectivity index is 2.43. The molecular formula is C10H19NO3. The van der Waals surface area contributed by atoms with Crippen LogP contribution in [-0.2, 0) is 9.53 Å². The van der Waals surface area contributed by atoms with Crippen LogP contribution >= 0.6 is 0 Å². The molecule has 1 heterocycles. The third-order valence-electron chi connectivity index (χ3n) is 2.72. The van der Waals surface area contributed by atoms with Crippen LogP contribution in [0.5, 0.6) is 0 Å². The summed E-state index contributed by atoms with van der Waals surface area (Å²) in [6, 6.07) is -0.391. The highest BCUT2D eigenvalue weighted by Gasteiger charge is 2.26. The predicted molar refractivity (Wildman–Crippen MR) is 53.3 cm³/mol. The van der Waals surface area contributed by atoms with E-state index in [4.69, 9.17) is 9.84 Å². The molecule has 1 fully saturated rings. The zero-order chi connectivity index (χ0) is 10.6. The van der Waals surface area contributed by atoms with Crippen molar-refractivity contribution in [2.24, 2.45) is 0 Å². The Hall–Kier alpha value is -0.610. The minimum atomic E-state index is -0.748. The minimum absolute atomic E-state index is 0.218. The topological polar surface area (TPSA) is 49.8 Å². The Morgan fingerprint density at radius 2 is 2.43 bits per heavy atom. The van der Waals surface area contributed by atoms with Crippen molar-refractivity contribution in [1.29, 1.82) is 0 Å². The molecular weight excluding hydrogens is 182 g/mol. The third kappa shape index (κ3) is 2.96. The first-order valence-corrected chi connectivity index (χ1v) is 5.23. The molecule has 0 aromatic heterocycles. The Morgan fingerprint density at radius 3 is 3.00 bits per heavy atom. The number of hydrogen-bond donors (Lipinski definition) is 1. The van der Waals surface area contributed by atoms with Gasteiger partial charge in [0, 0.05) is 13.2 Å². The van der Waals surface area contributed by atoms with E-state index in [1.807, 2.05) is 11.8 Å². The molecule has 0 spiro atoms. The average molecular weight is 201 g/mol. The number of nitrogens with zero attached hydrogens (tertiary/aromatic N) is 1. The van der Waals surface area contributed by atoms with Gasteiger partial charge in [-0.25, -0.2) is 0 Å². The van der Waals surface area contributed by atoms with Gasteiger partial charge < -0.3 is 9.84 Å². The number of ether oxygens (including phenoxy) is 1. The van der Waals surface area contributed by atoms with Crippen LogP contribution in [0.2, 0.25) is 0 Å². The van der Waals surface area contributed by atoms with Crippen molar-refractivity contribution in [2.45, 2.75) is 38.8 Å². The fourth-order valence-corrected chi connectivity index (χ4v) is 1.85. The van der Waals surface area contributed by atoms with Gasteiger partial charge in [0.25, 0.3) is 0 Å². The molecule has 0 radical (unpaired) electrons. The monoisotopic (exact) mass is 201 g/mol. The number of hydrogen-bond acceptors (Lipinski definition) is 3. The van der Waals surface area contributed by atoms with Crippen LogP contribution in [-0.4, -0.2) is 47.8 Å². The minimum Gasteiger partial charge on any atom is -0.480 e. The highest BCUT2D eigenvalue weighted by Crippen LogP contribution is 2.15. The first-order chi connectivity index (χ1) is 6.65. The van der Waals surface area contributed by atoms with Crippen molar-refractivity contribution in [2.75, 3.05) is 19.7 Å². The molecule has 1 aliphatic rings. The van der Waals surface area contributed by atoms with Crippen LogP contribution in [0.4, 0.5) is 0 Å². The van der Waals surface area contributed by atoms with E-state index in [0.717, 1.165) is 25.9 Å². The second-order valence-corrected chi connectivity index (χ2v) is 3.73. The SMILES string of the molecule is CCOC1CCCN(C(C)C(=O)O)C1. The summed E-state index contributed by atoms with van der Waals surface area (Å²) in [5, 5.41) is 8.87. The number of rotatable bonds is 4. The van der Waals surface area contributed by atoms with Crippen LogP contribution in [0.1, 0.15) is 26.7 Å².